The lowest BCUT2D eigenvalue weighted by atomic mass is 10.1. The Hall–Kier alpha value is -1.76. The van der Waals surface area contributed by atoms with Crippen LogP contribution in [0.3, 0.4) is 0 Å². The summed E-state index contributed by atoms with van der Waals surface area (Å²) in [6.07, 6.45) is 1.38. The maximum Gasteiger partial charge on any atom is 0.248 e. The second-order valence-electron chi connectivity index (χ2n) is 5.97. The van der Waals surface area contributed by atoms with Crippen LogP contribution in [0.1, 0.15) is 18.9 Å². The van der Waals surface area contributed by atoms with Crippen LogP contribution in [-0.4, -0.2) is 26.6 Å². The molecule has 0 saturated carbocycles. The van der Waals surface area contributed by atoms with Crippen molar-refractivity contribution in [3.63, 3.8) is 0 Å². The predicted molar refractivity (Wildman–Crippen MR) is 108 cm³/mol. The fourth-order valence-electron chi connectivity index (χ4n) is 2.68. The molecule has 0 saturated heterocycles. The highest BCUT2D eigenvalue weighted by molar-refractivity contribution is 7.92. The Morgan fingerprint density at radius 1 is 1.15 bits per heavy atom. The Balaban J connectivity index is 2.39. The number of sulfonamides is 1. The second kappa shape index (κ2) is 8.29. The molecule has 0 bridgehead atoms. The van der Waals surface area contributed by atoms with Gasteiger partial charge in [0.1, 0.15) is 6.04 Å². The van der Waals surface area contributed by atoms with Gasteiger partial charge in [-0.05, 0) is 49.2 Å². The van der Waals surface area contributed by atoms with E-state index in [1.165, 1.54) is 0 Å². The smallest absolute Gasteiger partial charge is 0.248 e. The molecule has 1 atom stereocenters. The van der Waals surface area contributed by atoms with Gasteiger partial charge in [0.05, 0.1) is 11.9 Å². The molecule has 0 aliphatic heterocycles. The van der Waals surface area contributed by atoms with E-state index in [1.54, 1.807) is 43.3 Å². The van der Waals surface area contributed by atoms with E-state index in [0.29, 0.717) is 27.8 Å². The van der Waals surface area contributed by atoms with E-state index in [1.807, 2.05) is 13.0 Å². The Morgan fingerprint density at radius 2 is 1.77 bits per heavy atom. The molecule has 0 aromatic heterocycles. The van der Waals surface area contributed by atoms with E-state index in [4.69, 9.17) is 23.2 Å². The summed E-state index contributed by atoms with van der Waals surface area (Å²) < 4.78 is 26.0. The molecule has 0 radical (unpaired) electrons. The quantitative estimate of drug-likeness (QED) is 0.756. The van der Waals surface area contributed by atoms with Crippen LogP contribution in [0, 0.1) is 6.92 Å². The molecule has 2 aromatic carbocycles. The van der Waals surface area contributed by atoms with Crippen LogP contribution in [-0.2, 0) is 14.8 Å². The van der Waals surface area contributed by atoms with Gasteiger partial charge in [-0.15, -0.1) is 0 Å². The van der Waals surface area contributed by atoms with Crippen molar-refractivity contribution in [1.82, 2.24) is 0 Å². The summed E-state index contributed by atoms with van der Waals surface area (Å²) in [7, 11) is -3.68. The largest absolute Gasteiger partial charge is 0.324 e. The predicted octanol–water partition coefficient (Wildman–Crippen LogP) is 4.49. The van der Waals surface area contributed by atoms with Gasteiger partial charge < -0.3 is 5.32 Å². The van der Waals surface area contributed by atoms with E-state index in [0.717, 1.165) is 16.1 Å². The molecule has 0 fully saturated rings. The van der Waals surface area contributed by atoms with Gasteiger partial charge in [-0.2, -0.15) is 0 Å². The summed E-state index contributed by atoms with van der Waals surface area (Å²) in [5.41, 5.74) is 1.75. The van der Waals surface area contributed by atoms with Gasteiger partial charge in [-0.25, -0.2) is 8.42 Å². The summed E-state index contributed by atoms with van der Waals surface area (Å²) >= 11 is 11.9. The molecule has 140 valence electrons. The average molecular weight is 415 g/mol. The number of hydrogen-bond donors (Lipinski definition) is 1. The van der Waals surface area contributed by atoms with Crippen molar-refractivity contribution in [1.29, 1.82) is 0 Å². The lowest BCUT2D eigenvalue weighted by molar-refractivity contribution is -0.117. The van der Waals surface area contributed by atoms with Crippen LogP contribution in [0.4, 0.5) is 11.4 Å². The van der Waals surface area contributed by atoms with Gasteiger partial charge in [0.2, 0.25) is 15.9 Å². The minimum atomic E-state index is -3.68. The van der Waals surface area contributed by atoms with Gasteiger partial charge in [0.25, 0.3) is 0 Å². The summed E-state index contributed by atoms with van der Waals surface area (Å²) in [6, 6.07) is 10.7. The van der Waals surface area contributed by atoms with Crippen LogP contribution in [0.5, 0.6) is 0 Å². The van der Waals surface area contributed by atoms with Gasteiger partial charge in [-0.3, -0.25) is 9.10 Å². The highest BCUT2D eigenvalue weighted by Gasteiger charge is 2.31. The fourth-order valence-corrected chi connectivity index (χ4v) is 4.41. The number of hydrogen-bond acceptors (Lipinski definition) is 3. The summed E-state index contributed by atoms with van der Waals surface area (Å²) in [6.45, 7) is 3.61. The standard InChI is InChI=1S/C18H20Cl2N2O3S/c1-4-17(18(23)21-15-10-13(19)9-14(20)11-15)22(26(3,24)25)16-7-5-6-12(2)8-16/h5-11,17H,4H2,1-3H3,(H,21,23)/t17-/m1/s1. The number of carbonyl (C=O) groups is 1. The third kappa shape index (κ3) is 5.13. The minimum absolute atomic E-state index is 0.293. The molecule has 0 heterocycles. The van der Waals surface area contributed by atoms with Crippen molar-refractivity contribution in [2.45, 2.75) is 26.3 Å². The van der Waals surface area contributed by atoms with Gasteiger partial charge in [0.15, 0.2) is 0 Å². The number of anilines is 2. The average Bonchev–Trinajstić information content (AvgIpc) is 2.49. The van der Waals surface area contributed by atoms with Crippen molar-refractivity contribution < 1.29 is 13.2 Å². The SMILES string of the molecule is CC[C@H](C(=O)Nc1cc(Cl)cc(Cl)c1)N(c1cccc(C)c1)S(C)(=O)=O. The number of halogens is 2. The van der Waals surface area contributed by atoms with Gasteiger partial charge in [0, 0.05) is 15.7 Å². The first-order valence-corrected chi connectivity index (χ1v) is 10.5. The lowest BCUT2D eigenvalue weighted by Gasteiger charge is -2.30. The number of aryl methyl sites for hydroxylation is 1. The molecule has 1 N–H and O–H groups in total. The summed E-state index contributed by atoms with van der Waals surface area (Å²) in [5, 5.41) is 3.45. The maximum absolute atomic E-state index is 12.8. The van der Waals surface area contributed by atoms with Crippen LogP contribution in [0.15, 0.2) is 42.5 Å². The van der Waals surface area contributed by atoms with E-state index in [2.05, 4.69) is 5.32 Å². The molecule has 0 spiro atoms. The molecule has 2 aromatic rings. The molecule has 0 aliphatic carbocycles. The number of nitrogens with zero attached hydrogens (tertiary/aromatic N) is 1. The Labute approximate surface area is 164 Å². The molecule has 5 nitrogen and oxygen atoms in total. The van der Waals surface area contributed by atoms with Gasteiger partial charge in [-0.1, -0.05) is 42.3 Å². The maximum atomic E-state index is 12.8. The number of carbonyl (C=O) groups excluding carboxylic acids is 1. The van der Waals surface area contributed by atoms with E-state index < -0.39 is 22.0 Å². The molecule has 1 amide bonds. The molecule has 2 rings (SSSR count). The Bertz CT molecular complexity index is 896. The normalized spacial score (nSPS) is 12.5. The zero-order valence-electron chi connectivity index (χ0n) is 14.7. The van der Waals surface area contributed by atoms with Crippen molar-refractivity contribution >= 4 is 50.5 Å². The molecular formula is C18H20Cl2N2O3S. The molecule has 0 unspecified atom stereocenters. The molecule has 8 heteroatoms. The van der Waals surface area contributed by atoms with Crippen molar-refractivity contribution in [2.75, 3.05) is 15.9 Å². The minimum Gasteiger partial charge on any atom is -0.324 e. The van der Waals surface area contributed by atoms with Crippen LogP contribution in [0.25, 0.3) is 0 Å². The first-order chi connectivity index (χ1) is 12.1. The second-order valence-corrected chi connectivity index (χ2v) is 8.70. The Kier molecular flexibility index (Phi) is 6.55. The third-order valence-electron chi connectivity index (χ3n) is 3.72. The van der Waals surface area contributed by atoms with E-state index in [-0.39, 0.29) is 0 Å². The number of nitrogens with one attached hydrogen (secondary N) is 1. The topological polar surface area (TPSA) is 66.5 Å². The molecule has 26 heavy (non-hydrogen) atoms. The highest BCUT2D eigenvalue weighted by atomic mass is 35.5. The summed E-state index contributed by atoms with van der Waals surface area (Å²) in [4.78, 5) is 12.8. The molecular weight excluding hydrogens is 395 g/mol. The fraction of sp³-hybridized carbons (Fsp3) is 0.278. The summed E-state index contributed by atoms with van der Waals surface area (Å²) in [5.74, 6) is -0.460. The third-order valence-corrected chi connectivity index (χ3v) is 5.33. The first kappa shape index (κ1) is 20.6. The zero-order chi connectivity index (χ0) is 19.5. The number of rotatable bonds is 6. The van der Waals surface area contributed by atoms with Gasteiger partial charge >= 0.3 is 0 Å². The zero-order valence-corrected chi connectivity index (χ0v) is 17.0. The van der Waals surface area contributed by atoms with Crippen molar-refractivity contribution in [3.8, 4) is 0 Å². The van der Waals surface area contributed by atoms with Crippen LogP contribution < -0.4 is 9.62 Å². The molecule has 0 aliphatic rings. The van der Waals surface area contributed by atoms with E-state index in [9.17, 15) is 13.2 Å². The monoisotopic (exact) mass is 414 g/mol. The number of amides is 1. The van der Waals surface area contributed by atoms with Crippen molar-refractivity contribution in [2.24, 2.45) is 0 Å². The van der Waals surface area contributed by atoms with E-state index >= 15 is 0 Å². The number of benzene rings is 2. The Morgan fingerprint density at radius 3 is 2.27 bits per heavy atom. The van der Waals surface area contributed by atoms with Crippen LogP contribution in [0.2, 0.25) is 10.0 Å². The lowest BCUT2D eigenvalue weighted by Crippen LogP contribution is -2.47. The van der Waals surface area contributed by atoms with Crippen molar-refractivity contribution in [3.05, 3.63) is 58.1 Å². The first-order valence-electron chi connectivity index (χ1n) is 7.95. The van der Waals surface area contributed by atoms with Crippen LogP contribution >= 0.6 is 23.2 Å². The highest BCUT2D eigenvalue weighted by Crippen LogP contribution is 2.26.